The molecule has 0 bridgehead atoms. The van der Waals surface area contributed by atoms with E-state index in [4.69, 9.17) is 0 Å². The van der Waals surface area contributed by atoms with Crippen LogP contribution in [0.25, 0.3) is 0 Å². The van der Waals surface area contributed by atoms with Crippen molar-refractivity contribution in [2.45, 2.75) is 25.4 Å². The molecule has 1 aliphatic heterocycles. The van der Waals surface area contributed by atoms with E-state index in [2.05, 4.69) is 51.4 Å². The number of hydrogen-bond donors (Lipinski definition) is 1. The van der Waals surface area contributed by atoms with Gasteiger partial charge in [-0.05, 0) is 46.5 Å². The Kier molecular flexibility index (Phi) is 3.93. The lowest BCUT2D eigenvalue weighted by molar-refractivity contribution is 0.490. The monoisotopic (exact) mass is 291 g/mol. The van der Waals surface area contributed by atoms with Crippen LogP contribution in [0, 0.1) is 0 Å². The molecular formula is C10H14BrNS2. The van der Waals surface area contributed by atoms with Crippen molar-refractivity contribution in [3.8, 4) is 0 Å². The van der Waals surface area contributed by atoms with E-state index in [0.717, 1.165) is 0 Å². The van der Waals surface area contributed by atoms with Gasteiger partial charge < -0.3 is 5.32 Å². The summed E-state index contributed by atoms with van der Waals surface area (Å²) < 4.78 is 1.24. The number of hydrogen-bond acceptors (Lipinski definition) is 3. The quantitative estimate of drug-likeness (QED) is 0.912. The van der Waals surface area contributed by atoms with Crippen LogP contribution < -0.4 is 5.32 Å². The van der Waals surface area contributed by atoms with E-state index >= 15 is 0 Å². The fourth-order valence-electron chi connectivity index (χ4n) is 1.71. The summed E-state index contributed by atoms with van der Waals surface area (Å²) in [6.45, 7) is 2.25. The van der Waals surface area contributed by atoms with Crippen LogP contribution in [0.1, 0.15) is 24.3 Å². The first-order valence-corrected chi connectivity index (χ1v) is 7.67. The van der Waals surface area contributed by atoms with Gasteiger partial charge in [-0.25, -0.2) is 0 Å². The maximum absolute atomic E-state index is 3.68. The molecule has 0 aromatic carbocycles. The van der Waals surface area contributed by atoms with Crippen molar-refractivity contribution in [2.75, 3.05) is 11.5 Å². The SMILES string of the molecule is CC(NC1CCSC1)c1sccc1Br. The van der Waals surface area contributed by atoms with Gasteiger partial charge in [0.1, 0.15) is 0 Å². The van der Waals surface area contributed by atoms with Gasteiger partial charge in [-0.3, -0.25) is 0 Å². The summed E-state index contributed by atoms with van der Waals surface area (Å²) in [5.41, 5.74) is 0. The van der Waals surface area contributed by atoms with Crippen LogP contribution in [0.15, 0.2) is 15.9 Å². The zero-order valence-electron chi connectivity index (χ0n) is 8.13. The molecule has 1 aromatic rings. The predicted octanol–water partition coefficient (Wildman–Crippen LogP) is 3.67. The number of halogens is 1. The molecule has 0 aliphatic carbocycles. The molecule has 1 saturated heterocycles. The molecule has 0 spiro atoms. The van der Waals surface area contributed by atoms with E-state index in [1.807, 2.05) is 11.3 Å². The van der Waals surface area contributed by atoms with Crippen molar-refractivity contribution in [3.63, 3.8) is 0 Å². The van der Waals surface area contributed by atoms with E-state index in [0.29, 0.717) is 12.1 Å². The molecule has 2 atom stereocenters. The Hall–Kier alpha value is 0.490. The first kappa shape index (κ1) is 11.0. The highest BCUT2D eigenvalue weighted by Crippen LogP contribution is 2.30. The van der Waals surface area contributed by atoms with E-state index in [9.17, 15) is 0 Å². The Labute approximate surface area is 102 Å². The first-order chi connectivity index (χ1) is 6.77. The minimum atomic E-state index is 0.480. The predicted molar refractivity (Wildman–Crippen MR) is 69.3 cm³/mol. The van der Waals surface area contributed by atoms with Crippen LogP contribution in [-0.4, -0.2) is 17.5 Å². The van der Waals surface area contributed by atoms with Gasteiger partial charge in [0.05, 0.1) is 0 Å². The van der Waals surface area contributed by atoms with Crippen LogP contribution >= 0.6 is 39.0 Å². The Bertz CT molecular complexity index is 294. The number of rotatable bonds is 3. The molecule has 1 fully saturated rings. The Morgan fingerprint density at radius 2 is 2.50 bits per heavy atom. The maximum Gasteiger partial charge on any atom is 0.0399 e. The number of nitrogens with one attached hydrogen (secondary N) is 1. The lowest BCUT2D eigenvalue weighted by Crippen LogP contribution is -2.30. The molecule has 2 rings (SSSR count). The molecule has 0 saturated carbocycles. The second-order valence-corrected chi connectivity index (χ2v) is 6.53. The molecule has 2 unspecified atom stereocenters. The third-order valence-corrected chi connectivity index (χ3v) is 5.67. The van der Waals surface area contributed by atoms with Gasteiger partial charge >= 0.3 is 0 Å². The Balaban J connectivity index is 1.95. The van der Waals surface area contributed by atoms with Gasteiger partial charge in [0.15, 0.2) is 0 Å². The standard InChI is InChI=1S/C10H14BrNS2/c1-7(10-9(11)3-5-14-10)12-8-2-4-13-6-8/h3,5,7-8,12H,2,4,6H2,1H3. The summed E-state index contributed by atoms with van der Waals surface area (Å²) in [6.07, 6.45) is 1.32. The zero-order chi connectivity index (χ0) is 9.97. The van der Waals surface area contributed by atoms with E-state index < -0.39 is 0 Å². The molecule has 2 heterocycles. The highest BCUT2D eigenvalue weighted by molar-refractivity contribution is 9.10. The zero-order valence-corrected chi connectivity index (χ0v) is 11.3. The van der Waals surface area contributed by atoms with Crippen molar-refractivity contribution in [1.82, 2.24) is 5.32 Å². The second-order valence-electron chi connectivity index (χ2n) is 3.58. The highest BCUT2D eigenvalue weighted by atomic mass is 79.9. The molecule has 1 nitrogen and oxygen atoms in total. The van der Waals surface area contributed by atoms with Gasteiger partial charge in [-0.2, -0.15) is 11.8 Å². The van der Waals surface area contributed by atoms with Gasteiger partial charge in [0.2, 0.25) is 0 Å². The maximum atomic E-state index is 3.68. The summed E-state index contributed by atoms with van der Waals surface area (Å²) in [4.78, 5) is 1.42. The minimum Gasteiger partial charge on any atom is -0.306 e. The molecule has 0 radical (unpaired) electrons. The molecule has 1 N–H and O–H groups in total. The van der Waals surface area contributed by atoms with Crippen LogP contribution in [0.2, 0.25) is 0 Å². The lowest BCUT2D eigenvalue weighted by atomic mass is 10.2. The number of thioether (sulfide) groups is 1. The van der Waals surface area contributed by atoms with Crippen molar-refractivity contribution < 1.29 is 0 Å². The first-order valence-electron chi connectivity index (χ1n) is 4.84. The van der Waals surface area contributed by atoms with E-state index in [1.54, 1.807) is 0 Å². The second kappa shape index (κ2) is 5.01. The summed E-state index contributed by atoms with van der Waals surface area (Å²) >= 11 is 7.46. The minimum absolute atomic E-state index is 0.480. The van der Waals surface area contributed by atoms with Crippen LogP contribution in [0.4, 0.5) is 0 Å². The van der Waals surface area contributed by atoms with Crippen LogP contribution in [0.3, 0.4) is 0 Å². The molecule has 14 heavy (non-hydrogen) atoms. The van der Waals surface area contributed by atoms with Gasteiger partial charge in [0, 0.05) is 27.2 Å². The molecule has 4 heteroatoms. The van der Waals surface area contributed by atoms with Crippen molar-refractivity contribution in [2.24, 2.45) is 0 Å². The summed E-state index contributed by atoms with van der Waals surface area (Å²) in [5.74, 6) is 2.59. The summed E-state index contributed by atoms with van der Waals surface area (Å²) in [6, 6.07) is 3.32. The fraction of sp³-hybridized carbons (Fsp3) is 0.600. The third kappa shape index (κ3) is 2.54. The van der Waals surface area contributed by atoms with Crippen LogP contribution in [0.5, 0.6) is 0 Å². The topological polar surface area (TPSA) is 12.0 Å². The Morgan fingerprint density at radius 1 is 1.64 bits per heavy atom. The third-order valence-electron chi connectivity index (χ3n) is 2.45. The normalized spacial score (nSPS) is 24.0. The fourth-order valence-corrected chi connectivity index (χ4v) is 4.61. The van der Waals surface area contributed by atoms with Crippen molar-refractivity contribution >= 4 is 39.0 Å². The van der Waals surface area contributed by atoms with Crippen LogP contribution in [-0.2, 0) is 0 Å². The molecular weight excluding hydrogens is 278 g/mol. The largest absolute Gasteiger partial charge is 0.306 e. The Morgan fingerprint density at radius 3 is 3.07 bits per heavy atom. The van der Waals surface area contributed by atoms with Gasteiger partial charge in [0.25, 0.3) is 0 Å². The average Bonchev–Trinajstić information content (AvgIpc) is 2.75. The highest BCUT2D eigenvalue weighted by Gasteiger charge is 2.19. The summed E-state index contributed by atoms with van der Waals surface area (Å²) in [7, 11) is 0. The van der Waals surface area contributed by atoms with Gasteiger partial charge in [-0.15, -0.1) is 11.3 Å². The molecule has 1 aromatic heterocycles. The number of thiophene rings is 1. The van der Waals surface area contributed by atoms with Crippen molar-refractivity contribution in [3.05, 3.63) is 20.8 Å². The average molecular weight is 292 g/mol. The lowest BCUT2D eigenvalue weighted by Gasteiger charge is -2.17. The van der Waals surface area contributed by atoms with Crippen molar-refractivity contribution in [1.29, 1.82) is 0 Å². The van der Waals surface area contributed by atoms with E-state index in [1.165, 1.54) is 27.3 Å². The molecule has 78 valence electrons. The summed E-state index contributed by atoms with van der Waals surface area (Å²) in [5, 5.41) is 5.82. The van der Waals surface area contributed by atoms with Gasteiger partial charge in [-0.1, -0.05) is 0 Å². The molecule has 0 amide bonds. The molecule has 1 aliphatic rings. The smallest absolute Gasteiger partial charge is 0.0399 e. The van der Waals surface area contributed by atoms with E-state index in [-0.39, 0.29) is 0 Å².